The molecule has 6 nitrogen and oxygen atoms in total. The molecule has 0 aliphatic heterocycles. The van der Waals surface area contributed by atoms with Crippen LogP contribution in [0.2, 0.25) is 0 Å². The monoisotopic (exact) mass is 392 g/mol. The number of benzene rings is 2. The Bertz CT molecular complexity index is 707. The minimum Gasteiger partial charge on any atom is -0.483 e. The van der Waals surface area contributed by atoms with E-state index in [-0.39, 0.29) is 13.2 Å². The molecule has 0 spiro atoms. The molecule has 0 heterocycles. The van der Waals surface area contributed by atoms with Crippen LogP contribution < -0.4 is 15.6 Å². The molecule has 7 heteroatoms. The van der Waals surface area contributed by atoms with E-state index in [1.807, 2.05) is 49.4 Å². The molecule has 126 valence electrons. The lowest BCUT2D eigenvalue weighted by Gasteiger charge is -2.11. The molecule has 2 amide bonds. The number of carbonyl (C=O) groups excluding carboxylic acids is 2. The van der Waals surface area contributed by atoms with E-state index in [9.17, 15) is 9.59 Å². The lowest BCUT2D eigenvalue weighted by Crippen LogP contribution is -2.44. The summed E-state index contributed by atoms with van der Waals surface area (Å²) in [6.07, 6.45) is -0.743. The van der Waals surface area contributed by atoms with Crippen molar-refractivity contribution in [2.75, 3.05) is 6.61 Å². The second kappa shape index (κ2) is 8.93. The molecule has 0 atom stereocenters. The van der Waals surface area contributed by atoms with Gasteiger partial charge in [0.2, 0.25) is 0 Å². The third kappa shape index (κ3) is 5.92. The quantitative estimate of drug-likeness (QED) is 0.766. The number of hydrazine groups is 1. The number of carbonyl (C=O) groups is 2. The van der Waals surface area contributed by atoms with E-state index < -0.39 is 12.0 Å². The van der Waals surface area contributed by atoms with Crippen LogP contribution in [-0.2, 0) is 16.1 Å². The molecule has 0 saturated heterocycles. The maximum absolute atomic E-state index is 11.7. The second-order valence-corrected chi connectivity index (χ2v) is 5.85. The van der Waals surface area contributed by atoms with Crippen molar-refractivity contribution in [3.63, 3.8) is 0 Å². The van der Waals surface area contributed by atoms with E-state index in [0.717, 1.165) is 15.6 Å². The molecule has 0 saturated carbocycles. The van der Waals surface area contributed by atoms with Crippen LogP contribution in [0.5, 0.6) is 5.75 Å². The number of amides is 2. The van der Waals surface area contributed by atoms with Crippen LogP contribution in [0.1, 0.15) is 11.1 Å². The molecule has 2 aromatic rings. The highest BCUT2D eigenvalue weighted by molar-refractivity contribution is 9.10. The molecular weight excluding hydrogens is 376 g/mol. The van der Waals surface area contributed by atoms with Crippen molar-refractivity contribution in [2.45, 2.75) is 13.5 Å². The fourth-order valence-electron chi connectivity index (χ4n) is 1.83. The Morgan fingerprint density at radius 1 is 1.08 bits per heavy atom. The highest BCUT2D eigenvalue weighted by atomic mass is 79.9. The number of hydrogen-bond acceptors (Lipinski definition) is 4. The zero-order valence-electron chi connectivity index (χ0n) is 13.0. The van der Waals surface area contributed by atoms with Crippen LogP contribution in [0.15, 0.2) is 53.0 Å². The Hall–Kier alpha value is -2.54. The van der Waals surface area contributed by atoms with Gasteiger partial charge in [0.1, 0.15) is 12.4 Å². The predicted molar refractivity (Wildman–Crippen MR) is 92.3 cm³/mol. The van der Waals surface area contributed by atoms with Crippen molar-refractivity contribution in [3.8, 4) is 5.75 Å². The lowest BCUT2D eigenvalue weighted by molar-refractivity contribution is -0.124. The molecule has 0 fully saturated rings. The topological polar surface area (TPSA) is 76.7 Å². The minimum atomic E-state index is -0.743. The van der Waals surface area contributed by atoms with Crippen molar-refractivity contribution in [3.05, 3.63) is 64.1 Å². The lowest BCUT2D eigenvalue weighted by atomic mass is 10.2. The van der Waals surface area contributed by atoms with E-state index in [0.29, 0.717) is 5.75 Å². The number of halogens is 1. The van der Waals surface area contributed by atoms with Gasteiger partial charge in [0.15, 0.2) is 6.61 Å². The van der Waals surface area contributed by atoms with Gasteiger partial charge in [0.25, 0.3) is 5.91 Å². The fraction of sp³-hybridized carbons (Fsp3) is 0.176. The smallest absolute Gasteiger partial charge is 0.426 e. The molecule has 24 heavy (non-hydrogen) atoms. The van der Waals surface area contributed by atoms with Gasteiger partial charge in [0, 0.05) is 4.47 Å². The summed E-state index contributed by atoms with van der Waals surface area (Å²) in [5.41, 5.74) is 6.14. The van der Waals surface area contributed by atoms with Gasteiger partial charge in [-0.05, 0) is 36.2 Å². The molecule has 0 unspecified atom stereocenters. The van der Waals surface area contributed by atoms with Gasteiger partial charge in [-0.25, -0.2) is 10.2 Å². The maximum Gasteiger partial charge on any atom is 0.426 e. The Balaban J connectivity index is 1.68. The Labute approximate surface area is 148 Å². The Kier molecular flexibility index (Phi) is 6.62. The van der Waals surface area contributed by atoms with Gasteiger partial charge in [0.05, 0.1) is 0 Å². The summed E-state index contributed by atoms with van der Waals surface area (Å²) >= 11 is 3.35. The first-order valence-corrected chi connectivity index (χ1v) is 7.98. The van der Waals surface area contributed by atoms with E-state index in [4.69, 9.17) is 9.47 Å². The highest BCUT2D eigenvalue weighted by Crippen LogP contribution is 2.21. The van der Waals surface area contributed by atoms with E-state index in [1.54, 1.807) is 6.07 Å². The number of nitrogens with one attached hydrogen (secondary N) is 2. The highest BCUT2D eigenvalue weighted by Gasteiger charge is 2.08. The fourth-order valence-corrected chi connectivity index (χ4v) is 2.31. The molecule has 2 rings (SSSR count). The molecule has 0 aromatic heterocycles. The van der Waals surface area contributed by atoms with Crippen molar-refractivity contribution < 1.29 is 19.1 Å². The van der Waals surface area contributed by atoms with E-state index >= 15 is 0 Å². The molecule has 0 aliphatic rings. The number of aryl methyl sites for hydroxylation is 1. The van der Waals surface area contributed by atoms with Crippen LogP contribution >= 0.6 is 15.9 Å². The predicted octanol–water partition coefficient (Wildman–Crippen LogP) is 3.09. The van der Waals surface area contributed by atoms with E-state index in [1.165, 1.54) is 0 Å². The third-order valence-corrected chi connectivity index (χ3v) is 3.51. The standard InChI is InChI=1S/C17H17BrN2O4/c1-12-9-14(18)7-8-15(12)23-11-16(21)19-20-17(22)24-10-13-5-3-2-4-6-13/h2-9H,10-11H2,1H3,(H,19,21)(H,20,22). The molecule has 2 N–H and O–H groups in total. The summed E-state index contributed by atoms with van der Waals surface area (Å²) in [6, 6.07) is 14.7. The normalized spacial score (nSPS) is 9.92. The molecule has 2 aromatic carbocycles. The largest absolute Gasteiger partial charge is 0.483 e. The Morgan fingerprint density at radius 2 is 1.83 bits per heavy atom. The SMILES string of the molecule is Cc1cc(Br)ccc1OCC(=O)NNC(=O)OCc1ccccc1. The first-order chi connectivity index (χ1) is 11.5. The molecule has 0 aliphatic carbocycles. The van der Waals surface area contributed by atoms with E-state index in [2.05, 4.69) is 26.8 Å². The van der Waals surface area contributed by atoms with Crippen molar-refractivity contribution in [2.24, 2.45) is 0 Å². The van der Waals surface area contributed by atoms with Crippen LogP contribution in [0.3, 0.4) is 0 Å². The third-order valence-electron chi connectivity index (χ3n) is 3.01. The summed E-state index contributed by atoms with van der Waals surface area (Å²) in [6.45, 7) is 1.77. The first kappa shape index (κ1) is 17.8. The molecular formula is C17H17BrN2O4. The molecule has 0 bridgehead atoms. The van der Waals surface area contributed by atoms with Gasteiger partial charge in [-0.1, -0.05) is 46.3 Å². The zero-order chi connectivity index (χ0) is 17.4. The first-order valence-electron chi connectivity index (χ1n) is 7.19. The summed E-state index contributed by atoms with van der Waals surface area (Å²) in [7, 11) is 0. The number of ether oxygens (including phenoxy) is 2. The average molecular weight is 393 g/mol. The van der Waals surface area contributed by atoms with Crippen LogP contribution in [0.25, 0.3) is 0 Å². The summed E-state index contributed by atoms with van der Waals surface area (Å²) in [4.78, 5) is 23.2. The zero-order valence-corrected chi connectivity index (χ0v) is 14.6. The van der Waals surface area contributed by atoms with Gasteiger partial charge < -0.3 is 9.47 Å². The molecule has 0 radical (unpaired) electrons. The van der Waals surface area contributed by atoms with Crippen LogP contribution in [0.4, 0.5) is 4.79 Å². The van der Waals surface area contributed by atoms with Crippen molar-refractivity contribution >= 4 is 27.9 Å². The van der Waals surface area contributed by atoms with Crippen LogP contribution in [-0.4, -0.2) is 18.6 Å². The summed E-state index contributed by atoms with van der Waals surface area (Å²) < 4.78 is 11.3. The summed E-state index contributed by atoms with van der Waals surface area (Å²) in [5, 5.41) is 0. The van der Waals surface area contributed by atoms with Gasteiger partial charge in [-0.2, -0.15) is 0 Å². The van der Waals surface area contributed by atoms with Gasteiger partial charge in [-0.3, -0.25) is 10.2 Å². The van der Waals surface area contributed by atoms with Gasteiger partial charge >= 0.3 is 6.09 Å². The van der Waals surface area contributed by atoms with Gasteiger partial charge in [-0.15, -0.1) is 0 Å². The number of hydrogen-bond donors (Lipinski definition) is 2. The van der Waals surface area contributed by atoms with Crippen molar-refractivity contribution in [1.29, 1.82) is 0 Å². The van der Waals surface area contributed by atoms with Crippen LogP contribution in [0, 0.1) is 6.92 Å². The number of rotatable bonds is 5. The van der Waals surface area contributed by atoms with Crippen molar-refractivity contribution in [1.82, 2.24) is 10.9 Å². The Morgan fingerprint density at radius 3 is 2.54 bits per heavy atom. The average Bonchev–Trinajstić information content (AvgIpc) is 2.58. The summed E-state index contributed by atoms with van der Waals surface area (Å²) in [5.74, 6) is 0.106. The maximum atomic E-state index is 11.7. The minimum absolute atomic E-state index is 0.122. The second-order valence-electron chi connectivity index (χ2n) is 4.93.